The molecular weight excluding hydrogens is 386 g/mol. The van der Waals surface area contributed by atoms with Crippen LogP contribution in [-0.4, -0.2) is 58.1 Å². The molecule has 2 aliphatic rings. The van der Waals surface area contributed by atoms with Crippen LogP contribution >= 0.6 is 0 Å². The second-order valence-corrected chi connectivity index (χ2v) is 7.93. The van der Waals surface area contributed by atoms with E-state index in [4.69, 9.17) is 4.74 Å². The summed E-state index contributed by atoms with van der Waals surface area (Å²) in [5.74, 6) is -2.07. The maximum absolute atomic E-state index is 12.3. The lowest BCUT2D eigenvalue weighted by molar-refractivity contribution is -0.152. The number of hydrogen-bond donors (Lipinski definition) is 2. The van der Waals surface area contributed by atoms with Crippen LogP contribution in [0.5, 0.6) is 5.75 Å². The van der Waals surface area contributed by atoms with E-state index < -0.39 is 23.4 Å². The number of likely N-dealkylation sites (tertiary alicyclic amines) is 1. The van der Waals surface area contributed by atoms with Crippen molar-refractivity contribution in [3.05, 3.63) is 53.6 Å². The fraction of sp³-hybridized carbons (Fsp3) is 0.435. The van der Waals surface area contributed by atoms with Crippen LogP contribution in [0.15, 0.2) is 48.1 Å². The normalized spacial score (nSPS) is 24.9. The topological polar surface area (TPSA) is 104 Å². The third-order valence-electron chi connectivity index (χ3n) is 6.22. The Morgan fingerprint density at radius 2 is 1.83 bits per heavy atom. The lowest BCUT2D eigenvalue weighted by atomic mass is 9.74. The lowest BCUT2D eigenvalue weighted by Crippen LogP contribution is -2.61. The number of allylic oxidation sites excluding steroid dienone is 2. The number of rotatable bonds is 7. The molecule has 1 aliphatic heterocycles. The molecule has 1 aromatic carbocycles. The molecule has 1 aromatic rings. The Morgan fingerprint density at radius 1 is 1.17 bits per heavy atom. The predicted molar refractivity (Wildman–Crippen MR) is 111 cm³/mol. The molecule has 0 amide bonds. The Morgan fingerprint density at radius 3 is 2.43 bits per heavy atom. The average Bonchev–Trinajstić information content (AvgIpc) is 2.72. The van der Waals surface area contributed by atoms with E-state index in [-0.39, 0.29) is 17.3 Å². The van der Waals surface area contributed by atoms with Crippen molar-refractivity contribution in [1.82, 2.24) is 4.90 Å². The largest absolute Gasteiger partial charge is 0.493 e. The first-order valence-corrected chi connectivity index (χ1v) is 10.1. The van der Waals surface area contributed by atoms with Crippen LogP contribution in [-0.2, 0) is 9.59 Å². The molecule has 1 heterocycles. The first kappa shape index (κ1) is 21.8. The number of benzene rings is 1. The number of carbonyl (C=O) groups is 3. The molecule has 3 rings (SSSR count). The summed E-state index contributed by atoms with van der Waals surface area (Å²) < 4.78 is 5.90. The molecule has 0 radical (unpaired) electrons. The summed E-state index contributed by atoms with van der Waals surface area (Å²) in [4.78, 5) is 37.4. The molecule has 0 aromatic heterocycles. The molecule has 2 atom stereocenters. The molecule has 2 N–H and O–H groups in total. The summed E-state index contributed by atoms with van der Waals surface area (Å²) in [6.45, 7) is 4.66. The molecule has 0 bridgehead atoms. The van der Waals surface area contributed by atoms with Gasteiger partial charge in [-0.05, 0) is 50.9 Å². The van der Waals surface area contributed by atoms with Crippen molar-refractivity contribution < 1.29 is 29.3 Å². The maximum Gasteiger partial charge on any atom is 0.331 e. The van der Waals surface area contributed by atoms with Crippen LogP contribution in [0.1, 0.15) is 37.0 Å². The van der Waals surface area contributed by atoms with Crippen LogP contribution < -0.4 is 4.74 Å². The zero-order valence-electron chi connectivity index (χ0n) is 17.2. The van der Waals surface area contributed by atoms with E-state index in [1.54, 1.807) is 31.2 Å². The zero-order valence-corrected chi connectivity index (χ0v) is 17.2. The van der Waals surface area contributed by atoms with Gasteiger partial charge in [0.25, 0.3) is 0 Å². The monoisotopic (exact) mass is 413 g/mol. The van der Waals surface area contributed by atoms with E-state index in [1.807, 2.05) is 11.0 Å². The van der Waals surface area contributed by atoms with Crippen molar-refractivity contribution in [1.29, 1.82) is 0 Å². The minimum absolute atomic E-state index is 0.0517. The van der Waals surface area contributed by atoms with Gasteiger partial charge in [-0.15, -0.1) is 0 Å². The third-order valence-corrected chi connectivity index (χ3v) is 6.22. The van der Waals surface area contributed by atoms with E-state index in [1.165, 1.54) is 19.1 Å². The molecule has 7 heteroatoms. The first-order chi connectivity index (χ1) is 14.3. The van der Waals surface area contributed by atoms with Crippen LogP contribution in [0.25, 0.3) is 0 Å². The number of carboxylic acid groups (broad SMARTS) is 2. The van der Waals surface area contributed by atoms with Gasteiger partial charge in [-0.1, -0.05) is 37.3 Å². The van der Waals surface area contributed by atoms with Gasteiger partial charge in [0.05, 0.1) is 12.2 Å². The van der Waals surface area contributed by atoms with E-state index in [2.05, 4.69) is 0 Å². The fourth-order valence-corrected chi connectivity index (χ4v) is 4.41. The highest BCUT2D eigenvalue weighted by Gasteiger charge is 2.51. The van der Waals surface area contributed by atoms with Gasteiger partial charge in [-0.25, -0.2) is 9.59 Å². The number of aliphatic carboxylic acids is 2. The van der Waals surface area contributed by atoms with Crippen molar-refractivity contribution in [3.63, 3.8) is 0 Å². The Kier molecular flexibility index (Phi) is 6.41. The Bertz CT molecular complexity index is 897. The summed E-state index contributed by atoms with van der Waals surface area (Å²) in [6, 6.07) is 7.14. The van der Waals surface area contributed by atoms with Crippen LogP contribution in [0.3, 0.4) is 0 Å². The highest BCUT2D eigenvalue weighted by atomic mass is 16.5. The molecule has 7 nitrogen and oxygen atoms in total. The quantitative estimate of drug-likeness (QED) is 0.662. The second kappa shape index (κ2) is 8.83. The average molecular weight is 413 g/mol. The van der Waals surface area contributed by atoms with Crippen molar-refractivity contribution in [2.45, 2.75) is 32.2 Å². The maximum atomic E-state index is 12.3. The smallest absolute Gasteiger partial charge is 0.331 e. The van der Waals surface area contributed by atoms with Crippen molar-refractivity contribution in [2.24, 2.45) is 11.8 Å². The number of carbonyl (C=O) groups excluding carboxylic acids is 1. The molecule has 0 saturated carbocycles. The standard InChI is InChI=1S/C23H27NO6/c1-15-18(21(26)27)7-5-11-23(15,22(28)29)24-12-9-17(10-13-24)14-30-20-8-4-3-6-19(20)16(2)25/h3-8,11,15,17H,9-10,12-14H2,1-2H3,(H,26,27)(H,28,29). The molecule has 1 aliphatic carbocycles. The molecule has 1 fully saturated rings. The minimum atomic E-state index is -1.37. The summed E-state index contributed by atoms with van der Waals surface area (Å²) in [5, 5.41) is 19.5. The molecule has 160 valence electrons. The van der Waals surface area contributed by atoms with Crippen LogP contribution in [0, 0.1) is 11.8 Å². The van der Waals surface area contributed by atoms with Crippen LogP contribution in [0.2, 0.25) is 0 Å². The highest BCUT2D eigenvalue weighted by Crippen LogP contribution is 2.38. The van der Waals surface area contributed by atoms with Gasteiger partial charge in [-0.2, -0.15) is 0 Å². The summed E-state index contributed by atoms with van der Waals surface area (Å²) in [6.07, 6.45) is 6.06. The van der Waals surface area contributed by atoms with E-state index in [0.29, 0.717) is 31.0 Å². The summed E-state index contributed by atoms with van der Waals surface area (Å²) in [5.41, 5.74) is -0.713. The predicted octanol–water partition coefficient (Wildman–Crippen LogP) is 3.02. The van der Waals surface area contributed by atoms with Gasteiger partial charge >= 0.3 is 11.9 Å². The lowest BCUT2D eigenvalue weighted by Gasteiger charge is -2.46. The van der Waals surface area contributed by atoms with Gasteiger partial charge in [0.15, 0.2) is 5.78 Å². The Balaban J connectivity index is 1.67. The zero-order chi connectivity index (χ0) is 21.9. The van der Waals surface area contributed by atoms with E-state index in [9.17, 15) is 24.6 Å². The minimum Gasteiger partial charge on any atom is -0.493 e. The number of carboxylic acids is 2. The number of ketones is 1. The number of ether oxygens (including phenoxy) is 1. The number of para-hydroxylation sites is 1. The van der Waals surface area contributed by atoms with Crippen molar-refractivity contribution in [3.8, 4) is 5.75 Å². The molecular formula is C23H27NO6. The van der Waals surface area contributed by atoms with Gasteiger partial charge in [0.1, 0.15) is 11.3 Å². The SMILES string of the molecule is CC(=O)c1ccccc1OCC1CCN(C2(C(=O)O)C=CC=C(C(=O)O)C2C)CC1. The highest BCUT2D eigenvalue weighted by molar-refractivity contribution is 5.96. The van der Waals surface area contributed by atoms with Crippen molar-refractivity contribution in [2.75, 3.05) is 19.7 Å². The molecule has 0 spiro atoms. The van der Waals surface area contributed by atoms with Crippen LogP contribution in [0.4, 0.5) is 0 Å². The van der Waals surface area contributed by atoms with E-state index in [0.717, 1.165) is 12.8 Å². The first-order valence-electron chi connectivity index (χ1n) is 10.1. The summed E-state index contributed by atoms with van der Waals surface area (Å²) in [7, 11) is 0. The Hall–Kier alpha value is -2.93. The molecule has 2 unspecified atom stereocenters. The Labute approximate surface area is 175 Å². The molecule has 30 heavy (non-hydrogen) atoms. The number of piperidine rings is 1. The van der Waals surface area contributed by atoms with Gasteiger partial charge in [-0.3, -0.25) is 9.69 Å². The number of hydrogen-bond acceptors (Lipinski definition) is 5. The fourth-order valence-electron chi connectivity index (χ4n) is 4.41. The van der Waals surface area contributed by atoms with E-state index >= 15 is 0 Å². The summed E-state index contributed by atoms with van der Waals surface area (Å²) >= 11 is 0. The number of nitrogens with zero attached hydrogens (tertiary/aromatic N) is 1. The second-order valence-electron chi connectivity index (χ2n) is 7.93. The number of Topliss-reactive ketones (excluding diaryl/α,β-unsaturated/α-hetero) is 1. The van der Waals surface area contributed by atoms with Gasteiger partial charge in [0.2, 0.25) is 0 Å². The molecule has 1 saturated heterocycles. The van der Waals surface area contributed by atoms with Crippen molar-refractivity contribution >= 4 is 17.7 Å². The van der Waals surface area contributed by atoms with Gasteiger partial charge in [0, 0.05) is 11.5 Å². The third kappa shape index (κ3) is 4.03. The van der Waals surface area contributed by atoms with Gasteiger partial charge < -0.3 is 14.9 Å².